The minimum Gasteiger partial charge on any atom is -0.391 e. The van der Waals surface area contributed by atoms with Gasteiger partial charge in [-0.05, 0) is 30.2 Å². The lowest BCUT2D eigenvalue weighted by atomic mass is 10.1. The second-order valence-electron chi connectivity index (χ2n) is 6.56. The van der Waals surface area contributed by atoms with Crippen LogP contribution in [-0.2, 0) is 6.42 Å². The summed E-state index contributed by atoms with van der Waals surface area (Å²) in [4.78, 5) is 16.6. The lowest BCUT2D eigenvalue weighted by Crippen LogP contribution is -2.50. The summed E-state index contributed by atoms with van der Waals surface area (Å²) in [7, 11) is 0. The fourth-order valence-corrected chi connectivity index (χ4v) is 3.70. The molecule has 4 nitrogen and oxygen atoms in total. The fourth-order valence-electron chi connectivity index (χ4n) is 3.22. The van der Waals surface area contributed by atoms with Crippen molar-refractivity contribution in [2.24, 2.45) is 0 Å². The van der Waals surface area contributed by atoms with E-state index in [0.29, 0.717) is 41.7 Å². The monoisotopic (exact) mass is 392 g/mol. The van der Waals surface area contributed by atoms with Crippen LogP contribution in [-0.4, -0.2) is 59.6 Å². The second kappa shape index (κ2) is 8.87. The summed E-state index contributed by atoms with van der Waals surface area (Å²) < 4.78 is 0. The van der Waals surface area contributed by atoms with E-state index in [9.17, 15) is 9.90 Å². The number of amides is 1. The number of nitrogens with zero attached hydrogens (tertiary/aromatic N) is 2. The molecule has 1 aliphatic rings. The highest BCUT2D eigenvalue weighted by atomic mass is 35.5. The summed E-state index contributed by atoms with van der Waals surface area (Å²) in [6.07, 6.45) is 0.228. The standard InChI is InChI=1S/C20H22Cl2N2O2/c21-16-6-7-18(19(22)13-16)20(26)24-10-8-23(9-11-24)14-17(25)12-15-4-2-1-3-5-15/h1-7,13,17,25H,8-12,14H2. The topological polar surface area (TPSA) is 43.8 Å². The fraction of sp³-hybridized carbons (Fsp3) is 0.350. The van der Waals surface area contributed by atoms with Crippen LogP contribution in [0.4, 0.5) is 0 Å². The van der Waals surface area contributed by atoms with E-state index in [1.165, 1.54) is 0 Å². The van der Waals surface area contributed by atoms with Crippen LogP contribution in [0.15, 0.2) is 48.5 Å². The van der Waals surface area contributed by atoms with Crippen molar-refractivity contribution in [1.82, 2.24) is 9.80 Å². The molecule has 0 bridgehead atoms. The number of halogens is 2. The van der Waals surface area contributed by atoms with Crippen molar-refractivity contribution in [3.8, 4) is 0 Å². The van der Waals surface area contributed by atoms with Crippen molar-refractivity contribution < 1.29 is 9.90 Å². The average molecular weight is 393 g/mol. The number of hydrogen-bond donors (Lipinski definition) is 1. The van der Waals surface area contributed by atoms with Crippen LogP contribution >= 0.6 is 23.2 Å². The van der Waals surface area contributed by atoms with E-state index in [2.05, 4.69) is 4.90 Å². The Morgan fingerprint density at radius 3 is 2.38 bits per heavy atom. The molecule has 138 valence electrons. The first-order valence-electron chi connectivity index (χ1n) is 8.71. The van der Waals surface area contributed by atoms with Crippen molar-refractivity contribution in [2.75, 3.05) is 32.7 Å². The van der Waals surface area contributed by atoms with Crippen LogP contribution in [0, 0.1) is 0 Å². The van der Waals surface area contributed by atoms with Gasteiger partial charge in [0, 0.05) is 37.7 Å². The highest BCUT2D eigenvalue weighted by Crippen LogP contribution is 2.23. The summed E-state index contributed by atoms with van der Waals surface area (Å²) >= 11 is 12.0. The van der Waals surface area contributed by atoms with Gasteiger partial charge in [0.1, 0.15) is 0 Å². The molecule has 0 saturated carbocycles. The van der Waals surface area contributed by atoms with Gasteiger partial charge in [0.25, 0.3) is 5.91 Å². The zero-order valence-corrected chi connectivity index (χ0v) is 16.0. The number of hydrogen-bond acceptors (Lipinski definition) is 3. The molecule has 1 atom stereocenters. The predicted octanol–water partition coefficient (Wildman–Crippen LogP) is 3.35. The van der Waals surface area contributed by atoms with Gasteiger partial charge in [0.15, 0.2) is 0 Å². The molecular formula is C20H22Cl2N2O2. The van der Waals surface area contributed by atoms with Crippen molar-refractivity contribution in [3.63, 3.8) is 0 Å². The number of β-amino-alcohol motifs (C(OH)–C–C–N with tert-alkyl or cyclic N) is 1. The SMILES string of the molecule is O=C(c1ccc(Cl)cc1Cl)N1CCN(CC(O)Cc2ccccc2)CC1. The molecule has 1 saturated heterocycles. The second-order valence-corrected chi connectivity index (χ2v) is 7.40. The number of piperazine rings is 1. The van der Waals surface area contributed by atoms with Crippen molar-refractivity contribution in [1.29, 1.82) is 0 Å². The van der Waals surface area contributed by atoms with Gasteiger partial charge in [-0.25, -0.2) is 0 Å². The van der Waals surface area contributed by atoms with E-state index < -0.39 is 6.10 Å². The third-order valence-electron chi connectivity index (χ3n) is 4.60. The van der Waals surface area contributed by atoms with Crippen molar-refractivity contribution >= 4 is 29.1 Å². The zero-order valence-electron chi connectivity index (χ0n) is 14.4. The molecule has 1 amide bonds. The van der Waals surface area contributed by atoms with Gasteiger partial charge in [-0.15, -0.1) is 0 Å². The number of carbonyl (C=O) groups excluding carboxylic acids is 1. The Balaban J connectivity index is 1.50. The lowest BCUT2D eigenvalue weighted by Gasteiger charge is -2.35. The molecule has 1 unspecified atom stereocenters. The van der Waals surface area contributed by atoms with Gasteiger partial charge in [-0.3, -0.25) is 9.69 Å². The van der Waals surface area contributed by atoms with E-state index >= 15 is 0 Å². The Kier molecular flexibility index (Phi) is 6.54. The van der Waals surface area contributed by atoms with E-state index in [1.54, 1.807) is 23.1 Å². The average Bonchev–Trinajstić information content (AvgIpc) is 2.62. The molecular weight excluding hydrogens is 371 g/mol. The third-order valence-corrected chi connectivity index (χ3v) is 5.15. The zero-order chi connectivity index (χ0) is 18.5. The predicted molar refractivity (Wildman–Crippen MR) is 105 cm³/mol. The van der Waals surface area contributed by atoms with E-state index in [4.69, 9.17) is 23.2 Å². The normalized spacial score (nSPS) is 16.5. The minimum atomic E-state index is -0.412. The summed E-state index contributed by atoms with van der Waals surface area (Å²) in [6.45, 7) is 3.33. The molecule has 6 heteroatoms. The van der Waals surface area contributed by atoms with Gasteiger partial charge in [0.2, 0.25) is 0 Å². The molecule has 0 spiro atoms. The Morgan fingerprint density at radius 2 is 1.73 bits per heavy atom. The Hall–Kier alpha value is -1.59. The Labute approximate surface area is 163 Å². The van der Waals surface area contributed by atoms with Crippen molar-refractivity contribution in [2.45, 2.75) is 12.5 Å². The first-order valence-corrected chi connectivity index (χ1v) is 9.47. The molecule has 0 radical (unpaired) electrons. The maximum Gasteiger partial charge on any atom is 0.255 e. The number of aliphatic hydroxyl groups is 1. The van der Waals surface area contributed by atoms with E-state index in [0.717, 1.165) is 18.7 Å². The number of benzene rings is 2. The van der Waals surface area contributed by atoms with Crippen LogP contribution < -0.4 is 0 Å². The molecule has 26 heavy (non-hydrogen) atoms. The summed E-state index contributed by atoms with van der Waals surface area (Å²) in [5.74, 6) is -0.0730. The van der Waals surface area contributed by atoms with E-state index in [-0.39, 0.29) is 5.91 Å². The third kappa shape index (κ3) is 4.98. The number of carbonyl (C=O) groups is 1. The maximum atomic E-state index is 12.6. The first kappa shape index (κ1) is 19.2. The van der Waals surface area contributed by atoms with Crippen LogP contribution in [0.1, 0.15) is 15.9 Å². The maximum absolute atomic E-state index is 12.6. The molecule has 1 aliphatic heterocycles. The number of rotatable bonds is 5. The highest BCUT2D eigenvalue weighted by Gasteiger charge is 2.24. The van der Waals surface area contributed by atoms with Crippen molar-refractivity contribution in [3.05, 3.63) is 69.7 Å². The molecule has 1 N–H and O–H groups in total. The minimum absolute atomic E-state index is 0.0730. The van der Waals surface area contributed by atoms with Gasteiger partial charge in [-0.2, -0.15) is 0 Å². The highest BCUT2D eigenvalue weighted by molar-refractivity contribution is 6.36. The quantitative estimate of drug-likeness (QED) is 0.848. The van der Waals surface area contributed by atoms with Crippen LogP contribution in [0.3, 0.4) is 0 Å². The van der Waals surface area contributed by atoms with E-state index in [1.807, 2.05) is 30.3 Å². The lowest BCUT2D eigenvalue weighted by molar-refractivity contribution is 0.0530. The molecule has 2 aromatic rings. The summed E-state index contributed by atoms with van der Waals surface area (Å²) in [6, 6.07) is 14.9. The molecule has 0 aromatic heterocycles. The number of aliphatic hydroxyl groups excluding tert-OH is 1. The molecule has 2 aromatic carbocycles. The smallest absolute Gasteiger partial charge is 0.255 e. The van der Waals surface area contributed by atoms with Gasteiger partial charge in [-0.1, -0.05) is 53.5 Å². The van der Waals surface area contributed by atoms with Crippen LogP contribution in [0.2, 0.25) is 10.0 Å². The largest absolute Gasteiger partial charge is 0.391 e. The Morgan fingerprint density at radius 1 is 1.04 bits per heavy atom. The summed E-state index contributed by atoms with van der Waals surface area (Å²) in [5, 5.41) is 11.2. The van der Waals surface area contributed by atoms with Crippen LogP contribution in [0.5, 0.6) is 0 Å². The molecule has 0 aliphatic carbocycles. The van der Waals surface area contributed by atoms with Gasteiger partial charge >= 0.3 is 0 Å². The molecule has 3 rings (SSSR count). The first-order chi connectivity index (χ1) is 12.5. The Bertz CT molecular complexity index is 747. The van der Waals surface area contributed by atoms with Gasteiger partial charge in [0.05, 0.1) is 16.7 Å². The summed E-state index contributed by atoms with van der Waals surface area (Å²) in [5.41, 5.74) is 1.61. The molecule has 1 heterocycles. The molecule has 1 fully saturated rings. The van der Waals surface area contributed by atoms with Gasteiger partial charge < -0.3 is 10.0 Å². The van der Waals surface area contributed by atoms with Crippen LogP contribution in [0.25, 0.3) is 0 Å².